The Morgan fingerprint density at radius 2 is 1.75 bits per heavy atom. The molecular weight excluding hydrogens is 261 g/mol. The lowest BCUT2D eigenvalue weighted by molar-refractivity contribution is 0.103. The average Bonchev–Trinajstić information content (AvgIpc) is 2.47. The van der Waals surface area contributed by atoms with Crippen molar-refractivity contribution in [3.05, 3.63) is 53.3 Å². The lowest BCUT2D eigenvalue weighted by atomic mass is 10.0. The van der Waals surface area contributed by atoms with Crippen molar-refractivity contribution in [3.8, 4) is 11.5 Å². The quantitative estimate of drug-likeness (QED) is 0.688. The SMILES string of the molecule is COc1cc(OC)c(N)c(C(=O)c2ccc(F)cc2)c1. The highest BCUT2D eigenvalue weighted by atomic mass is 19.1. The molecule has 0 aliphatic rings. The average molecular weight is 275 g/mol. The molecule has 0 radical (unpaired) electrons. The first-order valence-corrected chi connectivity index (χ1v) is 5.88. The first-order valence-electron chi connectivity index (χ1n) is 5.88. The summed E-state index contributed by atoms with van der Waals surface area (Å²) in [6, 6.07) is 8.38. The number of anilines is 1. The van der Waals surface area contributed by atoms with Crippen LogP contribution in [0.3, 0.4) is 0 Å². The van der Waals surface area contributed by atoms with Gasteiger partial charge in [-0.25, -0.2) is 4.39 Å². The van der Waals surface area contributed by atoms with Crippen molar-refractivity contribution >= 4 is 11.5 Å². The van der Waals surface area contributed by atoms with Gasteiger partial charge in [0.05, 0.1) is 25.5 Å². The lowest BCUT2D eigenvalue weighted by Crippen LogP contribution is -2.07. The molecule has 20 heavy (non-hydrogen) atoms. The Hall–Kier alpha value is -2.56. The summed E-state index contributed by atoms with van der Waals surface area (Å²) in [6.45, 7) is 0. The fourth-order valence-corrected chi connectivity index (χ4v) is 1.83. The minimum absolute atomic E-state index is 0.225. The second-order valence-corrected chi connectivity index (χ2v) is 4.13. The number of ether oxygens (including phenoxy) is 2. The Morgan fingerprint density at radius 3 is 2.30 bits per heavy atom. The molecule has 2 aromatic carbocycles. The van der Waals surface area contributed by atoms with Crippen molar-refractivity contribution < 1.29 is 18.7 Å². The summed E-state index contributed by atoms with van der Waals surface area (Å²) in [5.74, 6) is 0.0915. The van der Waals surface area contributed by atoms with Crippen LogP contribution in [0.2, 0.25) is 0 Å². The number of hydrogen-bond acceptors (Lipinski definition) is 4. The van der Waals surface area contributed by atoms with Crippen LogP contribution in [0.4, 0.5) is 10.1 Å². The third-order valence-corrected chi connectivity index (χ3v) is 2.92. The van der Waals surface area contributed by atoms with Gasteiger partial charge in [0, 0.05) is 11.6 Å². The molecule has 4 nitrogen and oxygen atoms in total. The van der Waals surface area contributed by atoms with E-state index in [2.05, 4.69) is 0 Å². The molecule has 2 rings (SSSR count). The summed E-state index contributed by atoms with van der Waals surface area (Å²) in [7, 11) is 2.94. The molecule has 0 atom stereocenters. The lowest BCUT2D eigenvalue weighted by Gasteiger charge is -2.12. The number of methoxy groups -OCH3 is 2. The van der Waals surface area contributed by atoms with Crippen LogP contribution in [0.25, 0.3) is 0 Å². The molecule has 0 saturated carbocycles. The summed E-state index contributed by atoms with van der Waals surface area (Å²) in [4.78, 5) is 12.4. The molecule has 2 N–H and O–H groups in total. The van der Waals surface area contributed by atoms with Crippen LogP contribution in [0, 0.1) is 5.82 Å². The molecule has 2 aromatic rings. The van der Waals surface area contributed by atoms with Crippen LogP contribution >= 0.6 is 0 Å². The molecule has 0 bridgehead atoms. The monoisotopic (exact) mass is 275 g/mol. The van der Waals surface area contributed by atoms with E-state index in [0.717, 1.165) is 0 Å². The van der Waals surface area contributed by atoms with Gasteiger partial charge in [-0.15, -0.1) is 0 Å². The van der Waals surface area contributed by atoms with Crippen molar-refractivity contribution in [1.29, 1.82) is 0 Å². The maximum atomic E-state index is 12.9. The van der Waals surface area contributed by atoms with E-state index in [9.17, 15) is 9.18 Å². The van der Waals surface area contributed by atoms with Gasteiger partial charge in [0.1, 0.15) is 17.3 Å². The van der Waals surface area contributed by atoms with Gasteiger partial charge in [0.25, 0.3) is 0 Å². The number of nitrogens with two attached hydrogens (primary N) is 1. The smallest absolute Gasteiger partial charge is 0.195 e. The highest BCUT2D eigenvalue weighted by Gasteiger charge is 2.17. The van der Waals surface area contributed by atoms with Gasteiger partial charge in [-0.05, 0) is 30.3 Å². The normalized spacial score (nSPS) is 10.2. The van der Waals surface area contributed by atoms with Crippen LogP contribution in [-0.4, -0.2) is 20.0 Å². The number of hydrogen-bond donors (Lipinski definition) is 1. The summed E-state index contributed by atoms with van der Waals surface area (Å²) in [5, 5.41) is 0. The van der Waals surface area contributed by atoms with E-state index in [1.54, 1.807) is 6.07 Å². The number of carbonyl (C=O) groups excluding carboxylic acids is 1. The minimum atomic E-state index is -0.405. The third kappa shape index (κ3) is 2.56. The van der Waals surface area contributed by atoms with Crippen molar-refractivity contribution in [2.75, 3.05) is 20.0 Å². The Morgan fingerprint density at radius 1 is 1.10 bits per heavy atom. The number of nitrogen functional groups attached to an aromatic ring is 1. The largest absolute Gasteiger partial charge is 0.497 e. The number of ketones is 1. The zero-order valence-electron chi connectivity index (χ0n) is 11.1. The summed E-state index contributed by atoms with van der Waals surface area (Å²) in [6.07, 6.45) is 0. The molecule has 0 aliphatic heterocycles. The number of benzene rings is 2. The maximum Gasteiger partial charge on any atom is 0.195 e. The molecule has 0 aromatic heterocycles. The highest BCUT2D eigenvalue weighted by molar-refractivity contribution is 6.13. The molecule has 5 heteroatoms. The van der Waals surface area contributed by atoms with E-state index in [1.165, 1.54) is 44.6 Å². The molecule has 0 spiro atoms. The molecule has 104 valence electrons. The van der Waals surface area contributed by atoms with Gasteiger partial charge in [0.15, 0.2) is 5.78 Å². The minimum Gasteiger partial charge on any atom is -0.497 e. The fraction of sp³-hybridized carbons (Fsp3) is 0.133. The van der Waals surface area contributed by atoms with Crippen molar-refractivity contribution in [2.24, 2.45) is 0 Å². The molecular formula is C15H14FNO3. The Balaban J connectivity index is 2.50. The van der Waals surface area contributed by atoms with Gasteiger partial charge >= 0.3 is 0 Å². The third-order valence-electron chi connectivity index (χ3n) is 2.92. The number of rotatable bonds is 4. The van der Waals surface area contributed by atoms with Gasteiger partial charge in [-0.3, -0.25) is 4.79 Å². The van der Waals surface area contributed by atoms with Crippen LogP contribution < -0.4 is 15.2 Å². The van der Waals surface area contributed by atoms with Crippen molar-refractivity contribution in [2.45, 2.75) is 0 Å². The fourth-order valence-electron chi connectivity index (χ4n) is 1.83. The van der Waals surface area contributed by atoms with Crippen LogP contribution in [0.5, 0.6) is 11.5 Å². The van der Waals surface area contributed by atoms with Gasteiger partial charge in [-0.2, -0.15) is 0 Å². The summed E-state index contributed by atoms with van der Waals surface area (Å²) >= 11 is 0. The highest BCUT2D eigenvalue weighted by Crippen LogP contribution is 2.32. The molecule has 0 aliphatic carbocycles. The second kappa shape index (κ2) is 5.61. The van der Waals surface area contributed by atoms with E-state index < -0.39 is 5.82 Å². The Labute approximate surface area is 115 Å². The zero-order valence-corrected chi connectivity index (χ0v) is 11.1. The van der Waals surface area contributed by atoms with E-state index >= 15 is 0 Å². The van der Waals surface area contributed by atoms with Crippen molar-refractivity contribution in [3.63, 3.8) is 0 Å². The second-order valence-electron chi connectivity index (χ2n) is 4.13. The van der Waals surface area contributed by atoms with E-state index in [1.807, 2.05) is 0 Å². The number of halogens is 1. The first-order chi connectivity index (χ1) is 9.56. The van der Waals surface area contributed by atoms with Gasteiger partial charge < -0.3 is 15.2 Å². The summed E-state index contributed by atoms with van der Waals surface area (Å²) in [5.41, 5.74) is 6.73. The summed E-state index contributed by atoms with van der Waals surface area (Å²) < 4.78 is 23.1. The molecule has 0 amide bonds. The topological polar surface area (TPSA) is 61.6 Å². The van der Waals surface area contributed by atoms with Gasteiger partial charge in [0.2, 0.25) is 0 Å². The molecule has 0 fully saturated rings. The predicted molar refractivity (Wildman–Crippen MR) is 73.8 cm³/mol. The van der Waals surface area contributed by atoms with Crippen LogP contribution in [-0.2, 0) is 0 Å². The van der Waals surface area contributed by atoms with E-state index in [0.29, 0.717) is 17.1 Å². The van der Waals surface area contributed by atoms with E-state index in [-0.39, 0.29) is 17.0 Å². The van der Waals surface area contributed by atoms with Crippen molar-refractivity contribution in [1.82, 2.24) is 0 Å². The molecule has 0 saturated heterocycles. The molecule has 0 unspecified atom stereocenters. The standard InChI is InChI=1S/C15H14FNO3/c1-19-11-7-12(14(17)13(8-11)20-2)15(18)9-3-5-10(16)6-4-9/h3-8H,17H2,1-2H3. The van der Waals surface area contributed by atoms with Crippen LogP contribution in [0.15, 0.2) is 36.4 Å². The molecule has 0 heterocycles. The maximum absolute atomic E-state index is 12.9. The predicted octanol–water partition coefficient (Wildman–Crippen LogP) is 2.66. The Bertz CT molecular complexity index is 638. The zero-order chi connectivity index (χ0) is 14.7. The number of carbonyl (C=O) groups is 1. The first kappa shape index (κ1) is 13.9. The van der Waals surface area contributed by atoms with Gasteiger partial charge in [-0.1, -0.05) is 0 Å². The van der Waals surface area contributed by atoms with E-state index in [4.69, 9.17) is 15.2 Å². The van der Waals surface area contributed by atoms with Crippen LogP contribution in [0.1, 0.15) is 15.9 Å². The Kier molecular flexibility index (Phi) is 3.89.